The fraction of sp³-hybridized carbons (Fsp3) is 0.500. The van der Waals surface area contributed by atoms with E-state index in [1.165, 1.54) is 19.2 Å². The Hall–Kier alpha value is -2.19. The molecule has 0 aromatic carbocycles. The number of esters is 2. The van der Waals surface area contributed by atoms with Crippen LogP contribution < -0.4 is 4.74 Å². The number of ether oxygens (including phenoxy) is 5. The minimum absolute atomic E-state index is 0.0302. The number of rotatable bonds is 1. The number of nitrogens with zero attached hydrogens (tertiary/aromatic N) is 1. The fourth-order valence-electron chi connectivity index (χ4n) is 1.69. The van der Waals surface area contributed by atoms with Crippen molar-refractivity contribution in [2.24, 2.45) is 0 Å². The quantitative estimate of drug-likeness (QED) is 0.690. The van der Waals surface area contributed by atoms with Crippen molar-refractivity contribution < 1.29 is 33.3 Å². The molecule has 2 bridgehead atoms. The zero-order chi connectivity index (χ0) is 15.8. The van der Waals surface area contributed by atoms with Gasteiger partial charge in [-0.1, -0.05) is 0 Å². The molecule has 0 amide bonds. The zero-order valence-electron chi connectivity index (χ0n) is 12.2. The summed E-state index contributed by atoms with van der Waals surface area (Å²) < 4.78 is 25.5. The Labute approximate surface area is 127 Å². The molecular weight excluding hydrogens is 294 g/mol. The molecule has 120 valence electrons. The van der Waals surface area contributed by atoms with Crippen molar-refractivity contribution in [1.82, 2.24) is 4.98 Å². The first-order valence-corrected chi connectivity index (χ1v) is 6.76. The molecule has 0 spiro atoms. The molecular formula is C14H17NO7. The largest absolute Gasteiger partial charge is 0.497 e. The molecule has 0 unspecified atom stereocenters. The number of cyclic esters (lactones) is 2. The molecule has 0 N–H and O–H groups in total. The lowest BCUT2D eigenvalue weighted by Crippen LogP contribution is -2.15. The van der Waals surface area contributed by atoms with Crippen molar-refractivity contribution >= 4 is 11.9 Å². The molecule has 0 saturated heterocycles. The minimum Gasteiger partial charge on any atom is -0.497 e. The number of pyridine rings is 1. The van der Waals surface area contributed by atoms with Gasteiger partial charge in [0, 0.05) is 12.1 Å². The van der Waals surface area contributed by atoms with Gasteiger partial charge >= 0.3 is 11.9 Å². The third-order valence-corrected chi connectivity index (χ3v) is 2.75. The van der Waals surface area contributed by atoms with E-state index in [1.807, 2.05) is 0 Å². The summed E-state index contributed by atoms with van der Waals surface area (Å²) in [6.45, 7) is 1.40. The predicted molar refractivity (Wildman–Crippen MR) is 73.0 cm³/mol. The van der Waals surface area contributed by atoms with Crippen LogP contribution in [0.25, 0.3) is 0 Å². The van der Waals surface area contributed by atoms with E-state index < -0.39 is 11.9 Å². The van der Waals surface area contributed by atoms with E-state index in [2.05, 4.69) is 4.98 Å². The van der Waals surface area contributed by atoms with E-state index in [9.17, 15) is 9.59 Å². The molecule has 2 rings (SSSR count). The Bertz CT molecular complexity index is 490. The van der Waals surface area contributed by atoms with Gasteiger partial charge in [0.25, 0.3) is 0 Å². The number of methoxy groups -OCH3 is 1. The van der Waals surface area contributed by atoms with Crippen LogP contribution in [-0.4, -0.2) is 63.7 Å². The van der Waals surface area contributed by atoms with Crippen LogP contribution in [0.1, 0.15) is 21.0 Å². The van der Waals surface area contributed by atoms with Crippen LogP contribution >= 0.6 is 0 Å². The van der Waals surface area contributed by atoms with Gasteiger partial charge in [-0.05, 0) is 0 Å². The lowest BCUT2D eigenvalue weighted by molar-refractivity contribution is 0.00280. The molecule has 22 heavy (non-hydrogen) atoms. The van der Waals surface area contributed by atoms with Crippen LogP contribution in [0.2, 0.25) is 0 Å². The van der Waals surface area contributed by atoms with Crippen LogP contribution in [0.3, 0.4) is 0 Å². The molecule has 0 saturated carbocycles. The van der Waals surface area contributed by atoms with Gasteiger partial charge in [0.1, 0.15) is 19.0 Å². The standard InChI is InChI=1S/C14H17NO7/c1-18-10-8-11-13(16)21-6-4-19-2-3-20-5-7-22-14(17)12(9-10)15-11/h8-9H,2-7H2,1H3. The molecule has 0 aliphatic carbocycles. The average molecular weight is 311 g/mol. The minimum atomic E-state index is -0.664. The van der Waals surface area contributed by atoms with Crippen molar-refractivity contribution in [1.29, 1.82) is 0 Å². The Morgan fingerprint density at radius 2 is 1.32 bits per heavy atom. The summed E-state index contributed by atoms with van der Waals surface area (Å²) in [7, 11) is 1.42. The second-order valence-electron chi connectivity index (χ2n) is 4.27. The van der Waals surface area contributed by atoms with Crippen molar-refractivity contribution in [3.8, 4) is 5.75 Å². The number of hydrogen-bond acceptors (Lipinski definition) is 8. The number of fused-ring (bicyclic) bond motifs is 2. The Kier molecular flexibility index (Phi) is 6.11. The van der Waals surface area contributed by atoms with Crippen LogP contribution in [0.5, 0.6) is 5.75 Å². The van der Waals surface area contributed by atoms with E-state index in [0.717, 1.165) is 0 Å². The first kappa shape index (κ1) is 16.2. The van der Waals surface area contributed by atoms with E-state index in [0.29, 0.717) is 19.0 Å². The summed E-state index contributed by atoms with van der Waals surface area (Å²) in [5.74, 6) is -1.02. The first-order valence-electron chi connectivity index (χ1n) is 6.76. The van der Waals surface area contributed by atoms with Crippen molar-refractivity contribution in [3.63, 3.8) is 0 Å². The lowest BCUT2D eigenvalue weighted by atomic mass is 10.2. The van der Waals surface area contributed by atoms with Gasteiger partial charge in [-0.25, -0.2) is 14.6 Å². The molecule has 1 aliphatic heterocycles. The Balaban J connectivity index is 2.19. The molecule has 8 nitrogen and oxygen atoms in total. The molecule has 1 aromatic heterocycles. The lowest BCUT2D eigenvalue weighted by Gasteiger charge is -2.08. The molecule has 2 heterocycles. The van der Waals surface area contributed by atoms with Gasteiger partial charge in [0.15, 0.2) is 11.4 Å². The summed E-state index contributed by atoms with van der Waals surface area (Å²) in [6, 6.07) is 2.78. The maximum Gasteiger partial charge on any atom is 0.357 e. The summed E-state index contributed by atoms with van der Waals surface area (Å²) in [5.41, 5.74) is -0.0603. The number of carbonyl (C=O) groups is 2. The highest BCUT2D eigenvalue weighted by atomic mass is 16.6. The van der Waals surface area contributed by atoms with Gasteiger partial charge < -0.3 is 23.7 Å². The number of aromatic nitrogens is 1. The summed E-state index contributed by atoms with van der Waals surface area (Å²) in [6.07, 6.45) is 0. The van der Waals surface area contributed by atoms with E-state index in [-0.39, 0.29) is 37.8 Å². The van der Waals surface area contributed by atoms with Crippen molar-refractivity contribution in [3.05, 3.63) is 23.5 Å². The van der Waals surface area contributed by atoms with E-state index in [1.54, 1.807) is 0 Å². The predicted octanol–water partition coefficient (Wildman–Crippen LogP) is 0.451. The summed E-state index contributed by atoms with van der Waals surface area (Å²) >= 11 is 0. The van der Waals surface area contributed by atoms with Crippen molar-refractivity contribution in [2.75, 3.05) is 46.8 Å². The second kappa shape index (κ2) is 8.30. The van der Waals surface area contributed by atoms with Gasteiger partial charge in [-0.15, -0.1) is 0 Å². The molecule has 0 radical (unpaired) electrons. The topological polar surface area (TPSA) is 93.2 Å². The van der Waals surface area contributed by atoms with Gasteiger partial charge in [0.05, 0.1) is 33.5 Å². The zero-order valence-corrected chi connectivity index (χ0v) is 12.2. The number of hydrogen-bond donors (Lipinski definition) is 0. The Morgan fingerprint density at radius 3 is 1.77 bits per heavy atom. The summed E-state index contributed by atoms with van der Waals surface area (Å²) in [5, 5.41) is 0. The molecule has 0 fully saturated rings. The Morgan fingerprint density at radius 1 is 0.864 bits per heavy atom. The van der Waals surface area contributed by atoms with Crippen molar-refractivity contribution in [2.45, 2.75) is 0 Å². The maximum absolute atomic E-state index is 11.9. The van der Waals surface area contributed by atoms with Crippen LogP contribution in [0.4, 0.5) is 0 Å². The fourth-order valence-corrected chi connectivity index (χ4v) is 1.69. The average Bonchev–Trinajstić information content (AvgIpc) is 2.55. The second-order valence-corrected chi connectivity index (χ2v) is 4.27. The molecule has 8 heteroatoms. The van der Waals surface area contributed by atoms with Gasteiger partial charge in [-0.2, -0.15) is 0 Å². The van der Waals surface area contributed by atoms with Crippen LogP contribution in [0.15, 0.2) is 12.1 Å². The van der Waals surface area contributed by atoms with Crippen LogP contribution in [0, 0.1) is 0 Å². The molecule has 1 aromatic rings. The first-order chi connectivity index (χ1) is 10.7. The third-order valence-electron chi connectivity index (χ3n) is 2.75. The number of carbonyl (C=O) groups excluding carboxylic acids is 2. The monoisotopic (exact) mass is 311 g/mol. The highest BCUT2D eigenvalue weighted by Crippen LogP contribution is 2.15. The highest BCUT2D eigenvalue weighted by Gasteiger charge is 2.17. The smallest absolute Gasteiger partial charge is 0.357 e. The third kappa shape index (κ3) is 4.68. The molecule has 0 atom stereocenters. The van der Waals surface area contributed by atoms with Gasteiger partial charge in [0.2, 0.25) is 0 Å². The van der Waals surface area contributed by atoms with Gasteiger partial charge in [-0.3, -0.25) is 0 Å². The van der Waals surface area contributed by atoms with Crippen LogP contribution in [-0.2, 0) is 18.9 Å². The molecule has 1 aliphatic rings. The maximum atomic E-state index is 11.9. The van der Waals surface area contributed by atoms with E-state index in [4.69, 9.17) is 23.7 Å². The SMILES string of the molecule is COc1cc2nc(c1)C(=O)OCCOCCOCCOC2=O. The normalized spacial score (nSPS) is 17.7. The van der Waals surface area contributed by atoms with E-state index >= 15 is 0 Å². The highest BCUT2D eigenvalue weighted by molar-refractivity contribution is 5.92. The summed E-state index contributed by atoms with van der Waals surface area (Å²) in [4.78, 5) is 27.8.